The van der Waals surface area contributed by atoms with E-state index < -0.39 is 0 Å². The first-order valence-corrected chi connectivity index (χ1v) is 0.866. The van der Waals surface area contributed by atoms with Crippen molar-refractivity contribution in [3.63, 3.8) is 0 Å². The van der Waals surface area contributed by atoms with Crippen molar-refractivity contribution in [2.75, 3.05) is 0 Å². The van der Waals surface area contributed by atoms with Crippen LogP contribution >= 0.6 is 0 Å². The SMILES string of the molecule is [Co].[Ni].[O]=[AlH].[Ti].[Zn]. The molecule has 0 aromatic carbocycles. The summed E-state index contributed by atoms with van der Waals surface area (Å²) in [6.45, 7) is 0. The first-order valence-electron chi connectivity index (χ1n) is 0.289. The predicted molar refractivity (Wildman–Crippen MR) is 7.84 cm³/mol. The molecule has 0 aliphatic heterocycles. The van der Waals surface area contributed by atoms with Crippen molar-refractivity contribution in [2.45, 2.75) is 0 Å². The van der Waals surface area contributed by atoms with E-state index >= 15 is 0 Å². The van der Waals surface area contributed by atoms with Crippen LogP contribution in [0.1, 0.15) is 0 Å². The maximum atomic E-state index is 8.28. The predicted octanol–water partition coefficient (Wildman–Crippen LogP) is -0.777. The minimum atomic E-state index is 0. The minimum Gasteiger partial charge on any atom is 0 e. The Hall–Kier alpha value is 2.67. The molecule has 6 heavy (non-hydrogen) atoms. The molecule has 0 unspecified atom stereocenters. The molecule has 0 N–H and O–H groups in total. The molecule has 0 aliphatic carbocycles. The van der Waals surface area contributed by atoms with Crippen molar-refractivity contribution in [1.29, 1.82) is 0 Å². The molecule has 0 aromatic heterocycles. The molecule has 1 radical (unpaired) electrons. The molecule has 0 saturated carbocycles. The largest absolute Gasteiger partial charge is 0 e. The van der Waals surface area contributed by atoms with Gasteiger partial charge in [-0.2, -0.15) is 0 Å². The van der Waals surface area contributed by atoms with E-state index in [0.717, 1.165) is 0 Å². The number of rotatable bonds is 0. The van der Waals surface area contributed by atoms with Gasteiger partial charge in [0.25, 0.3) is 0 Å². The molecule has 0 spiro atoms. The van der Waals surface area contributed by atoms with Gasteiger partial charge in [0.15, 0.2) is 0 Å². The molecule has 1 nitrogen and oxygen atoms in total. The molecule has 0 rings (SSSR count). The fraction of sp³-hybridized carbons (Fsp3) is 0. The first-order chi connectivity index (χ1) is 1.00. The number of hydrogen-bond donors (Lipinski definition) is 0. The molecule has 0 saturated heterocycles. The van der Waals surface area contributed by atoms with E-state index in [0.29, 0.717) is 16.2 Å². The van der Waals surface area contributed by atoms with E-state index in [1.54, 1.807) is 0 Å². The quantitative estimate of drug-likeness (QED) is 0.530. The van der Waals surface area contributed by atoms with Crippen LogP contribution in [-0.2, 0) is 78.3 Å². The molecule has 0 aliphatic rings. The maximum absolute atomic E-state index is 8.28. The summed E-state index contributed by atoms with van der Waals surface area (Å²) in [4.78, 5) is 0. The van der Waals surface area contributed by atoms with Crippen LogP contribution in [0.15, 0.2) is 0 Å². The van der Waals surface area contributed by atoms with Crippen molar-refractivity contribution < 1.29 is 78.3 Å². The van der Waals surface area contributed by atoms with Crippen molar-refractivity contribution in [3.8, 4) is 0 Å². The Labute approximate surface area is 93.2 Å². The Kier molecular flexibility index (Phi) is 302. The van der Waals surface area contributed by atoms with E-state index in [1.807, 2.05) is 0 Å². The standard InChI is InChI=1S/Al.Co.Ni.O.Ti.Zn.H. The van der Waals surface area contributed by atoms with Crippen LogP contribution in [-0.4, -0.2) is 16.2 Å². The smallest absolute Gasteiger partial charge is 0 e. The molecule has 0 amide bonds. The fourth-order valence-electron chi connectivity index (χ4n) is 0. The van der Waals surface area contributed by atoms with E-state index in [4.69, 9.17) is 3.80 Å². The van der Waals surface area contributed by atoms with Crippen LogP contribution in [0.5, 0.6) is 0 Å². The van der Waals surface area contributed by atoms with Crippen LogP contribution in [0.3, 0.4) is 0 Å². The Morgan fingerprint density at radius 3 is 1.17 bits per heavy atom. The van der Waals surface area contributed by atoms with Crippen LogP contribution in [0.4, 0.5) is 0 Å². The van der Waals surface area contributed by atoms with Gasteiger partial charge in [0.2, 0.25) is 0 Å². The van der Waals surface area contributed by atoms with E-state index in [9.17, 15) is 0 Å². The molecule has 0 aromatic rings. The zero-order valence-corrected chi connectivity index (χ0v) is 10.9. The van der Waals surface area contributed by atoms with Gasteiger partial charge >= 0.3 is 20.0 Å². The summed E-state index contributed by atoms with van der Waals surface area (Å²) in [5.41, 5.74) is 0. The summed E-state index contributed by atoms with van der Waals surface area (Å²) in [5.74, 6) is 0. The molecule has 0 heterocycles. The normalized spacial score (nSPS) is 0.500. The minimum absolute atomic E-state index is 0. The Balaban J connectivity index is -0.000000000833. The van der Waals surface area contributed by atoms with E-state index in [1.165, 1.54) is 0 Å². The fourth-order valence-corrected chi connectivity index (χ4v) is 0. The van der Waals surface area contributed by atoms with Gasteiger partial charge in [0.1, 0.15) is 0 Å². The topological polar surface area (TPSA) is 17.1 Å². The van der Waals surface area contributed by atoms with E-state index in [-0.39, 0.29) is 74.5 Å². The molecule has 35 valence electrons. The molecule has 0 fully saturated rings. The molecular formula is HAlCoNiOTiZn. The zero-order chi connectivity index (χ0) is 2.00. The number of hydrogen-bond acceptors (Lipinski definition) is 1. The van der Waals surface area contributed by atoms with Crippen molar-refractivity contribution in [2.24, 2.45) is 0 Å². The Morgan fingerprint density at radius 2 is 1.17 bits per heavy atom. The van der Waals surface area contributed by atoms with Gasteiger partial charge in [0.05, 0.1) is 0 Å². The van der Waals surface area contributed by atoms with Gasteiger partial charge in [-0.25, -0.2) is 0 Å². The maximum Gasteiger partial charge on any atom is 0 e. The molecule has 0 bridgehead atoms. The van der Waals surface area contributed by atoms with Crippen LogP contribution < -0.4 is 0 Å². The van der Waals surface area contributed by atoms with Gasteiger partial charge in [-0.05, 0) is 0 Å². The summed E-state index contributed by atoms with van der Waals surface area (Å²) < 4.78 is 8.28. The second-order valence-corrected chi connectivity index (χ2v) is 0. The summed E-state index contributed by atoms with van der Waals surface area (Å²) in [6, 6.07) is 0. The first kappa shape index (κ1) is 37.9. The van der Waals surface area contributed by atoms with Gasteiger partial charge in [0, 0.05) is 74.5 Å². The average molecular weight is 275 g/mol. The second-order valence-electron chi connectivity index (χ2n) is 0. The third-order valence-electron chi connectivity index (χ3n) is 0. The third kappa shape index (κ3) is 30.1. The monoisotopic (exact) mass is 273 g/mol. The zero-order valence-electron chi connectivity index (χ0n) is 2.97. The van der Waals surface area contributed by atoms with Crippen LogP contribution in [0, 0.1) is 0 Å². The second kappa shape index (κ2) is 47.9. The van der Waals surface area contributed by atoms with Gasteiger partial charge in [-0.15, -0.1) is 0 Å². The van der Waals surface area contributed by atoms with Crippen molar-refractivity contribution in [1.82, 2.24) is 0 Å². The van der Waals surface area contributed by atoms with Crippen LogP contribution in [0.2, 0.25) is 0 Å². The van der Waals surface area contributed by atoms with Crippen LogP contribution in [0.25, 0.3) is 0 Å². The summed E-state index contributed by atoms with van der Waals surface area (Å²) in [6.07, 6.45) is 0. The Bertz CT molecular complexity index is 15.5. The summed E-state index contributed by atoms with van der Waals surface area (Å²) >= 11 is 0.611. The average Bonchev–Trinajstić information content (AvgIpc) is 1.00. The third-order valence-corrected chi connectivity index (χ3v) is 0. The van der Waals surface area contributed by atoms with Gasteiger partial charge in [-0.1, -0.05) is 0 Å². The van der Waals surface area contributed by atoms with E-state index in [2.05, 4.69) is 0 Å². The van der Waals surface area contributed by atoms with Gasteiger partial charge < -0.3 is 0 Å². The van der Waals surface area contributed by atoms with Gasteiger partial charge in [-0.3, -0.25) is 0 Å². The molecule has 6 heteroatoms. The van der Waals surface area contributed by atoms with Crippen molar-refractivity contribution in [3.05, 3.63) is 0 Å². The summed E-state index contributed by atoms with van der Waals surface area (Å²) in [5, 5.41) is 0. The molecular weight excluding hydrogens is 274 g/mol. The summed E-state index contributed by atoms with van der Waals surface area (Å²) in [7, 11) is 0. The Morgan fingerprint density at radius 1 is 1.17 bits per heavy atom. The molecule has 0 atom stereocenters. The van der Waals surface area contributed by atoms with Crippen molar-refractivity contribution >= 4 is 16.2 Å².